The van der Waals surface area contributed by atoms with Crippen LogP contribution in [0.1, 0.15) is 49.3 Å². The third-order valence-corrected chi connectivity index (χ3v) is 4.12. The van der Waals surface area contributed by atoms with Gasteiger partial charge in [0.15, 0.2) is 0 Å². The van der Waals surface area contributed by atoms with Gasteiger partial charge < -0.3 is 10.0 Å². The highest BCUT2D eigenvalue weighted by Gasteiger charge is 2.33. The van der Waals surface area contributed by atoms with Gasteiger partial charge in [0.2, 0.25) is 0 Å². The zero-order valence-corrected chi connectivity index (χ0v) is 14.6. The predicted molar refractivity (Wildman–Crippen MR) is 95.6 cm³/mol. The maximum absolute atomic E-state index is 13.0. The average Bonchev–Trinajstić information content (AvgIpc) is 2.61. The second-order valence-electron chi connectivity index (χ2n) is 6.30. The summed E-state index contributed by atoms with van der Waals surface area (Å²) in [4.78, 5) is 18.9. The van der Waals surface area contributed by atoms with E-state index in [-0.39, 0.29) is 17.9 Å². The van der Waals surface area contributed by atoms with Crippen molar-refractivity contribution in [3.05, 3.63) is 66.0 Å². The molecule has 0 saturated heterocycles. The number of rotatable bonds is 7. The summed E-state index contributed by atoms with van der Waals surface area (Å²) in [6.45, 7) is 6.68. The van der Waals surface area contributed by atoms with Crippen LogP contribution in [0.25, 0.3) is 0 Å². The molecular weight excluding hydrogens is 300 g/mol. The lowest BCUT2D eigenvalue weighted by atomic mass is 9.91. The van der Waals surface area contributed by atoms with Crippen molar-refractivity contribution >= 4 is 5.91 Å². The van der Waals surface area contributed by atoms with Crippen LogP contribution in [-0.4, -0.2) is 33.5 Å². The highest BCUT2D eigenvalue weighted by Crippen LogP contribution is 2.28. The first kappa shape index (κ1) is 18.1. The van der Waals surface area contributed by atoms with Crippen LogP contribution in [0, 0.1) is 5.92 Å². The summed E-state index contributed by atoms with van der Waals surface area (Å²) >= 11 is 0. The summed E-state index contributed by atoms with van der Waals surface area (Å²) < 4.78 is 0. The molecular formula is C20H26N2O2. The molecule has 0 radical (unpaired) electrons. The number of hydrogen-bond acceptors (Lipinski definition) is 3. The maximum Gasteiger partial charge on any atom is 0.272 e. The van der Waals surface area contributed by atoms with E-state index >= 15 is 0 Å². The standard InChI is InChI=1S/C20H26N2O2/c1-4-14-22(20(24)17-12-8-9-13-21-17)18(15(2)3)19(23)16-10-6-5-7-11-16/h5-13,15,18-19,23H,4,14H2,1-3H3. The minimum atomic E-state index is -0.731. The second-order valence-corrected chi connectivity index (χ2v) is 6.30. The molecule has 2 unspecified atom stereocenters. The van der Waals surface area contributed by atoms with Crippen molar-refractivity contribution in [2.75, 3.05) is 6.54 Å². The zero-order valence-electron chi connectivity index (χ0n) is 14.6. The predicted octanol–water partition coefficient (Wildman–Crippen LogP) is 3.69. The Hall–Kier alpha value is -2.20. The Morgan fingerprint density at radius 3 is 2.33 bits per heavy atom. The molecule has 128 valence electrons. The van der Waals surface area contributed by atoms with Gasteiger partial charge in [-0.25, -0.2) is 0 Å². The van der Waals surface area contributed by atoms with E-state index in [1.54, 1.807) is 23.2 Å². The van der Waals surface area contributed by atoms with Gasteiger partial charge in [-0.2, -0.15) is 0 Å². The first-order valence-electron chi connectivity index (χ1n) is 8.51. The fourth-order valence-electron chi connectivity index (χ4n) is 3.01. The minimum Gasteiger partial charge on any atom is -0.386 e. The van der Waals surface area contributed by atoms with Crippen LogP contribution in [0.2, 0.25) is 0 Å². The summed E-state index contributed by atoms with van der Waals surface area (Å²) in [6, 6.07) is 14.5. The molecule has 4 nitrogen and oxygen atoms in total. The molecule has 0 spiro atoms. The van der Waals surface area contributed by atoms with E-state index in [9.17, 15) is 9.90 Å². The summed E-state index contributed by atoms with van der Waals surface area (Å²) in [5.74, 6) is -0.0226. The maximum atomic E-state index is 13.0. The van der Waals surface area contributed by atoms with Crippen molar-refractivity contribution in [2.45, 2.75) is 39.3 Å². The number of benzene rings is 1. The van der Waals surface area contributed by atoms with Crippen molar-refractivity contribution < 1.29 is 9.90 Å². The van der Waals surface area contributed by atoms with Gasteiger partial charge in [0.1, 0.15) is 5.69 Å². The normalized spacial score (nSPS) is 13.5. The highest BCUT2D eigenvalue weighted by molar-refractivity contribution is 5.92. The van der Waals surface area contributed by atoms with Crippen LogP contribution in [-0.2, 0) is 0 Å². The third-order valence-electron chi connectivity index (χ3n) is 4.12. The van der Waals surface area contributed by atoms with Crippen LogP contribution in [0.3, 0.4) is 0 Å². The summed E-state index contributed by atoms with van der Waals surface area (Å²) in [5.41, 5.74) is 1.24. The number of pyridine rings is 1. The van der Waals surface area contributed by atoms with Crippen molar-refractivity contribution in [2.24, 2.45) is 5.92 Å². The quantitative estimate of drug-likeness (QED) is 0.844. The van der Waals surface area contributed by atoms with E-state index in [0.717, 1.165) is 12.0 Å². The monoisotopic (exact) mass is 326 g/mol. The Morgan fingerprint density at radius 1 is 1.12 bits per heavy atom. The molecule has 1 N–H and O–H groups in total. The number of carbonyl (C=O) groups is 1. The third kappa shape index (κ3) is 4.20. The number of amides is 1. The van der Waals surface area contributed by atoms with Crippen molar-refractivity contribution in [3.63, 3.8) is 0 Å². The molecule has 2 aromatic rings. The Balaban J connectivity index is 2.35. The minimum absolute atomic E-state index is 0.111. The Labute approximate surface area is 144 Å². The molecule has 1 aromatic carbocycles. The van der Waals surface area contributed by atoms with Gasteiger partial charge >= 0.3 is 0 Å². The molecule has 0 fully saturated rings. The molecule has 1 heterocycles. The number of aliphatic hydroxyl groups excluding tert-OH is 1. The molecule has 0 bridgehead atoms. The first-order valence-corrected chi connectivity index (χ1v) is 8.51. The van der Waals surface area contributed by atoms with Gasteiger partial charge in [-0.3, -0.25) is 9.78 Å². The number of aromatic nitrogens is 1. The molecule has 2 rings (SSSR count). The van der Waals surface area contributed by atoms with E-state index in [4.69, 9.17) is 0 Å². The van der Waals surface area contributed by atoms with Crippen LogP contribution >= 0.6 is 0 Å². The van der Waals surface area contributed by atoms with Crippen molar-refractivity contribution in [1.82, 2.24) is 9.88 Å². The van der Waals surface area contributed by atoms with E-state index in [1.807, 2.05) is 57.2 Å². The lowest BCUT2D eigenvalue weighted by Crippen LogP contribution is -2.47. The van der Waals surface area contributed by atoms with Crippen molar-refractivity contribution in [1.29, 1.82) is 0 Å². The van der Waals surface area contributed by atoms with Crippen LogP contribution in [0.15, 0.2) is 54.7 Å². The molecule has 4 heteroatoms. The van der Waals surface area contributed by atoms with Crippen molar-refractivity contribution in [3.8, 4) is 0 Å². The molecule has 0 aliphatic heterocycles. The Morgan fingerprint density at radius 2 is 1.79 bits per heavy atom. The number of nitrogens with zero attached hydrogens (tertiary/aromatic N) is 2. The van der Waals surface area contributed by atoms with Crippen LogP contribution in [0.4, 0.5) is 0 Å². The Bertz CT molecular complexity index is 629. The summed E-state index contributed by atoms with van der Waals surface area (Å²) in [5, 5.41) is 10.9. The molecule has 0 aliphatic carbocycles. The second kappa shape index (κ2) is 8.60. The number of carbonyl (C=O) groups excluding carboxylic acids is 1. The van der Waals surface area contributed by atoms with Gasteiger partial charge in [0.05, 0.1) is 12.1 Å². The number of hydrogen-bond donors (Lipinski definition) is 1. The summed E-state index contributed by atoms with van der Waals surface area (Å²) in [7, 11) is 0. The molecule has 24 heavy (non-hydrogen) atoms. The smallest absolute Gasteiger partial charge is 0.272 e. The van der Waals surface area contributed by atoms with E-state index in [0.29, 0.717) is 12.2 Å². The van der Waals surface area contributed by atoms with Gasteiger partial charge in [-0.15, -0.1) is 0 Å². The van der Waals surface area contributed by atoms with Crippen LogP contribution in [0.5, 0.6) is 0 Å². The number of aliphatic hydroxyl groups is 1. The molecule has 0 saturated carbocycles. The van der Waals surface area contributed by atoms with E-state index < -0.39 is 6.10 Å². The van der Waals surface area contributed by atoms with Crippen LogP contribution < -0.4 is 0 Å². The van der Waals surface area contributed by atoms with E-state index in [2.05, 4.69) is 4.98 Å². The highest BCUT2D eigenvalue weighted by atomic mass is 16.3. The topological polar surface area (TPSA) is 53.4 Å². The molecule has 1 aromatic heterocycles. The fraction of sp³-hybridized carbons (Fsp3) is 0.400. The lowest BCUT2D eigenvalue weighted by molar-refractivity contribution is 0.0189. The SMILES string of the molecule is CCCN(C(=O)c1ccccn1)C(C(C)C)C(O)c1ccccc1. The first-order chi connectivity index (χ1) is 11.6. The fourth-order valence-corrected chi connectivity index (χ4v) is 3.01. The van der Waals surface area contributed by atoms with Gasteiger partial charge in [-0.05, 0) is 30.0 Å². The molecule has 0 aliphatic rings. The van der Waals surface area contributed by atoms with Gasteiger partial charge in [0, 0.05) is 12.7 Å². The van der Waals surface area contributed by atoms with Gasteiger partial charge in [-0.1, -0.05) is 57.2 Å². The zero-order chi connectivity index (χ0) is 17.5. The molecule has 2 atom stereocenters. The van der Waals surface area contributed by atoms with Gasteiger partial charge in [0.25, 0.3) is 5.91 Å². The average molecular weight is 326 g/mol. The van der Waals surface area contributed by atoms with E-state index in [1.165, 1.54) is 0 Å². The lowest BCUT2D eigenvalue weighted by Gasteiger charge is -2.37. The molecule has 1 amide bonds. The summed E-state index contributed by atoms with van der Waals surface area (Å²) in [6.07, 6.45) is 1.71. The Kier molecular flexibility index (Phi) is 6.50. The largest absolute Gasteiger partial charge is 0.386 e.